The summed E-state index contributed by atoms with van der Waals surface area (Å²) in [4.78, 5) is 0. The minimum absolute atomic E-state index is 0.0137. The lowest BCUT2D eigenvalue weighted by Gasteiger charge is -2.22. The molecular weight excluding hydrogens is 330 g/mol. The van der Waals surface area contributed by atoms with Gasteiger partial charge in [0.05, 0.1) is 19.3 Å². The van der Waals surface area contributed by atoms with E-state index in [1.165, 1.54) is 11.1 Å². The third kappa shape index (κ3) is 3.14. The average molecular weight is 352 g/mol. The van der Waals surface area contributed by atoms with Gasteiger partial charge in [0.1, 0.15) is 5.69 Å². The summed E-state index contributed by atoms with van der Waals surface area (Å²) in [5.74, 6) is 0.801. The van der Waals surface area contributed by atoms with E-state index in [-0.39, 0.29) is 12.1 Å². The third-order valence-corrected chi connectivity index (χ3v) is 4.22. The molecule has 21 heavy (non-hydrogen) atoms. The summed E-state index contributed by atoms with van der Waals surface area (Å²) in [5.41, 5.74) is 3.44. The first-order chi connectivity index (χ1) is 9.99. The van der Waals surface area contributed by atoms with Gasteiger partial charge in [0, 0.05) is 10.5 Å². The van der Waals surface area contributed by atoms with Crippen molar-refractivity contribution >= 4 is 15.9 Å². The Hall–Kier alpha value is -1.33. The fourth-order valence-electron chi connectivity index (χ4n) is 2.50. The number of rotatable bonds is 5. The fraction of sp³-hybridized carbons (Fsp3) is 0.438. The van der Waals surface area contributed by atoms with Gasteiger partial charge >= 0.3 is 0 Å². The Morgan fingerprint density at radius 3 is 2.57 bits per heavy atom. The van der Waals surface area contributed by atoms with Gasteiger partial charge in [0.15, 0.2) is 5.75 Å². The van der Waals surface area contributed by atoms with E-state index < -0.39 is 0 Å². The van der Waals surface area contributed by atoms with Gasteiger partial charge < -0.3 is 10.1 Å². The molecule has 0 spiro atoms. The van der Waals surface area contributed by atoms with Crippen molar-refractivity contribution < 1.29 is 4.74 Å². The van der Waals surface area contributed by atoms with E-state index in [4.69, 9.17) is 4.74 Å². The smallest absolute Gasteiger partial charge is 0.161 e. The Morgan fingerprint density at radius 2 is 2.05 bits per heavy atom. The first kappa shape index (κ1) is 16.0. The normalized spacial score (nSPS) is 12.7. The van der Waals surface area contributed by atoms with Crippen molar-refractivity contribution in [2.24, 2.45) is 0 Å². The highest BCUT2D eigenvalue weighted by Crippen LogP contribution is 2.35. The number of ether oxygens (including phenoxy) is 1. The van der Waals surface area contributed by atoms with E-state index in [1.807, 2.05) is 11.7 Å². The number of benzene rings is 1. The summed E-state index contributed by atoms with van der Waals surface area (Å²) >= 11 is 3.67. The summed E-state index contributed by atoms with van der Waals surface area (Å²) in [6.07, 6.45) is 1.78. The Kier molecular flexibility index (Phi) is 5.06. The van der Waals surface area contributed by atoms with Crippen LogP contribution in [0.4, 0.5) is 0 Å². The quantitative estimate of drug-likeness (QED) is 0.888. The number of hydrogen-bond donors (Lipinski definition) is 1. The second kappa shape index (κ2) is 6.62. The van der Waals surface area contributed by atoms with Gasteiger partial charge in [0.25, 0.3) is 0 Å². The molecule has 0 amide bonds. The second-order valence-corrected chi connectivity index (χ2v) is 6.24. The number of hydrogen-bond acceptors (Lipinski definition) is 3. The molecule has 114 valence electrons. The Labute approximate surface area is 134 Å². The number of nitrogens with zero attached hydrogens (tertiary/aromatic N) is 2. The lowest BCUT2D eigenvalue weighted by Crippen LogP contribution is -2.23. The van der Waals surface area contributed by atoms with Crippen molar-refractivity contribution in [2.45, 2.75) is 32.9 Å². The number of halogens is 1. The van der Waals surface area contributed by atoms with Crippen LogP contribution in [0.2, 0.25) is 0 Å². The zero-order valence-corrected chi connectivity index (χ0v) is 14.7. The van der Waals surface area contributed by atoms with Crippen LogP contribution in [0.3, 0.4) is 0 Å². The van der Waals surface area contributed by atoms with Crippen LogP contribution in [0.15, 0.2) is 28.9 Å². The molecule has 1 N–H and O–H groups in total. The molecule has 0 radical (unpaired) electrons. The highest BCUT2D eigenvalue weighted by Gasteiger charge is 2.25. The summed E-state index contributed by atoms with van der Waals surface area (Å²) in [6, 6.07) is 6.66. The maximum absolute atomic E-state index is 5.51. The molecule has 0 fully saturated rings. The first-order valence-electron chi connectivity index (χ1n) is 7.04. The number of nitrogens with one attached hydrogen (secondary N) is 1. The molecule has 1 atom stereocenters. The van der Waals surface area contributed by atoms with Crippen LogP contribution in [0, 0.1) is 6.92 Å². The van der Waals surface area contributed by atoms with Crippen LogP contribution in [-0.4, -0.2) is 23.9 Å². The van der Waals surface area contributed by atoms with Gasteiger partial charge in [-0.05, 0) is 45.0 Å². The summed E-state index contributed by atoms with van der Waals surface area (Å²) < 4.78 is 8.60. The van der Waals surface area contributed by atoms with Crippen molar-refractivity contribution in [1.82, 2.24) is 15.1 Å². The Morgan fingerprint density at radius 1 is 1.33 bits per heavy atom. The summed E-state index contributed by atoms with van der Waals surface area (Å²) in [7, 11) is 3.64. The summed E-state index contributed by atoms with van der Waals surface area (Å²) in [6.45, 7) is 6.32. The molecule has 0 aliphatic carbocycles. The van der Waals surface area contributed by atoms with E-state index in [0.29, 0.717) is 0 Å². The van der Waals surface area contributed by atoms with Gasteiger partial charge in [-0.3, -0.25) is 4.68 Å². The van der Waals surface area contributed by atoms with Crippen molar-refractivity contribution in [3.8, 4) is 5.75 Å². The minimum Gasteiger partial charge on any atom is -0.493 e. The molecule has 2 rings (SSSR count). The van der Waals surface area contributed by atoms with Crippen LogP contribution in [0.25, 0.3) is 0 Å². The monoisotopic (exact) mass is 351 g/mol. The zero-order chi connectivity index (χ0) is 15.6. The highest BCUT2D eigenvalue weighted by atomic mass is 79.9. The predicted octanol–water partition coefficient (Wildman–Crippen LogP) is 3.85. The Bertz CT molecular complexity index is 622. The molecule has 1 aromatic carbocycles. The van der Waals surface area contributed by atoms with Gasteiger partial charge in [-0.1, -0.05) is 28.1 Å². The van der Waals surface area contributed by atoms with Gasteiger partial charge in [-0.2, -0.15) is 5.10 Å². The maximum atomic E-state index is 5.51. The topological polar surface area (TPSA) is 39.1 Å². The molecule has 5 heteroatoms. The van der Waals surface area contributed by atoms with Crippen LogP contribution in [-0.2, 0) is 0 Å². The molecule has 0 saturated heterocycles. The second-order valence-electron chi connectivity index (χ2n) is 5.38. The average Bonchev–Trinajstić information content (AvgIpc) is 2.86. The van der Waals surface area contributed by atoms with Crippen LogP contribution < -0.4 is 10.1 Å². The van der Waals surface area contributed by atoms with Crippen molar-refractivity contribution in [3.05, 3.63) is 45.7 Å². The molecule has 1 aromatic heterocycles. The van der Waals surface area contributed by atoms with Crippen LogP contribution in [0.5, 0.6) is 5.75 Å². The minimum atomic E-state index is 0.0137. The van der Waals surface area contributed by atoms with E-state index in [2.05, 4.69) is 65.3 Å². The van der Waals surface area contributed by atoms with E-state index in [1.54, 1.807) is 13.3 Å². The SMILES string of the molecule is CNC(c1ccc(C)cc1Br)c1c(OC)cnn1C(C)C. The van der Waals surface area contributed by atoms with Crippen LogP contribution >= 0.6 is 15.9 Å². The predicted molar refractivity (Wildman–Crippen MR) is 88.9 cm³/mol. The molecule has 2 aromatic rings. The Balaban J connectivity index is 2.58. The first-order valence-corrected chi connectivity index (χ1v) is 7.83. The zero-order valence-electron chi connectivity index (χ0n) is 13.1. The van der Waals surface area contributed by atoms with E-state index in [0.717, 1.165) is 15.9 Å². The summed E-state index contributed by atoms with van der Waals surface area (Å²) in [5, 5.41) is 7.84. The molecule has 4 nitrogen and oxygen atoms in total. The number of aromatic nitrogens is 2. The van der Waals surface area contributed by atoms with Gasteiger partial charge in [0.2, 0.25) is 0 Å². The molecule has 0 bridgehead atoms. The molecule has 1 unspecified atom stereocenters. The number of methoxy groups -OCH3 is 1. The lowest BCUT2D eigenvalue weighted by atomic mass is 10.0. The standard InChI is InChI=1S/C16H22BrN3O/c1-10(2)20-16(14(21-5)9-19-20)15(18-4)12-7-6-11(3)8-13(12)17/h6-10,15,18H,1-5H3. The van der Waals surface area contributed by atoms with Crippen LogP contribution in [0.1, 0.15) is 42.8 Å². The molecule has 1 heterocycles. The van der Waals surface area contributed by atoms with Crippen molar-refractivity contribution in [1.29, 1.82) is 0 Å². The van der Waals surface area contributed by atoms with Gasteiger partial charge in [-0.25, -0.2) is 0 Å². The van der Waals surface area contributed by atoms with Crippen molar-refractivity contribution in [3.63, 3.8) is 0 Å². The van der Waals surface area contributed by atoms with E-state index in [9.17, 15) is 0 Å². The third-order valence-electron chi connectivity index (χ3n) is 3.54. The molecule has 0 saturated carbocycles. The number of aryl methyl sites for hydroxylation is 1. The largest absolute Gasteiger partial charge is 0.493 e. The van der Waals surface area contributed by atoms with Crippen molar-refractivity contribution in [2.75, 3.05) is 14.2 Å². The van der Waals surface area contributed by atoms with E-state index >= 15 is 0 Å². The lowest BCUT2D eigenvalue weighted by molar-refractivity contribution is 0.396. The molecular formula is C16H22BrN3O. The highest BCUT2D eigenvalue weighted by molar-refractivity contribution is 9.10. The molecule has 0 aliphatic rings. The maximum Gasteiger partial charge on any atom is 0.161 e. The molecule has 0 aliphatic heterocycles. The fourth-order valence-corrected chi connectivity index (χ4v) is 3.23. The van der Waals surface area contributed by atoms with Gasteiger partial charge in [-0.15, -0.1) is 0 Å².